The Hall–Kier alpha value is -2.70. The quantitative estimate of drug-likeness (QED) is 0.933. The van der Waals surface area contributed by atoms with Gasteiger partial charge < -0.3 is 5.32 Å². The highest BCUT2D eigenvalue weighted by molar-refractivity contribution is 5.49. The first-order chi connectivity index (χ1) is 10.1. The number of nitrogens with zero attached hydrogens (tertiary/aromatic N) is 4. The summed E-state index contributed by atoms with van der Waals surface area (Å²) in [5.74, 6) is -0.462. The number of nitriles is 2. The summed E-state index contributed by atoms with van der Waals surface area (Å²) in [7, 11) is 0. The maximum absolute atomic E-state index is 14.2. The number of hydrogen-bond acceptors (Lipinski definition) is 4. The number of para-hydroxylation sites is 1. The molecule has 1 aromatic heterocycles. The lowest BCUT2D eigenvalue weighted by Crippen LogP contribution is -2.23. The summed E-state index contributed by atoms with van der Waals surface area (Å²) in [6, 6.07) is 8.70. The van der Waals surface area contributed by atoms with Crippen LogP contribution in [0.25, 0.3) is 5.69 Å². The molecule has 21 heavy (non-hydrogen) atoms. The largest absolute Gasteiger partial charge is 0.310 e. The minimum atomic E-state index is -0.462. The molecule has 0 aliphatic heterocycles. The average Bonchev–Trinajstić information content (AvgIpc) is 2.87. The third-order valence-corrected chi connectivity index (χ3v) is 2.99. The normalized spacial score (nSPS) is 10.4. The molecular weight excluding hydrogens is 269 g/mol. The van der Waals surface area contributed by atoms with Crippen molar-refractivity contribution in [1.29, 1.82) is 10.5 Å². The highest BCUT2D eigenvalue weighted by Crippen LogP contribution is 2.22. The fraction of sp³-hybridized carbons (Fsp3) is 0.267. The van der Waals surface area contributed by atoms with Gasteiger partial charge >= 0.3 is 0 Å². The van der Waals surface area contributed by atoms with Gasteiger partial charge in [0.05, 0.1) is 5.69 Å². The maximum Gasteiger partial charge on any atom is 0.177 e. The summed E-state index contributed by atoms with van der Waals surface area (Å²) in [5, 5.41) is 21.3. The summed E-state index contributed by atoms with van der Waals surface area (Å²) in [6.45, 7) is 4.44. The van der Waals surface area contributed by atoms with E-state index >= 15 is 0 Å². The van der Waals surface area contributed by atoms with Gasteiger partial charge in [-0.1, -0.05) is 26.0 Å². The molecule has 5 nitrogen and oxygen atoms in total. The van der Waals surface area contributed by atoms with Crippen molar-refractivity contribution in [2.45, 2.75) is 26.4 Å². The summed E-state index contributed by atoms with van der Waals surface area (Å²) >= 11 is 0. The van der Waals surface area contributed by atoms with E-state index in [4.69, 9.17) is 5.26 Å². The number of halogens is 1. The minimum Gasteiger partial charge on any atom is -0.310 e. The Morgan fingerprint density at radius 2 is 2.10 bits per heavy atom. The molecule has 1 heterocycles. The third kappa shape index (κ3) is 2.91. The molecule has 6 heteroatoms. The van der Waals surface area contributed by atoms with E-state index in [1.807, 2.05) is 26.0 Å². The number of benzene rings is 1. The van der Waals surface area contributed by atoms with E-state index in [1.165, 1.54) is 17.0 Å². The Kier molecular flexibility index (Phi) is 4.32. The summed E-state index contributed by atoms with van der Waals surface area (Å²) in [5.41, 5.74) is 0.968. The Labute approximate surface area is 122 Å². The van der Waals surface area contributed by atoms with Gasteiger partial charge in [0.1, 0.15) is 24.3 Å². The second-order valence-corrected chi connectivity index (χ2v) is 4.82. The van der Waals surface area contributed by atoms with Crippen LogP contribution in [0.1, 0.15) is 30.8 Å². The van der Waals surface area contributed by atoms with E-state index in [2.05, 4.69) is 10.3 Å². The first kappa shape index (κ1) is 14.7. The zero-order chi connectivity index (χ0) is 15.4. The van der Waals surface area contributed by atoms with E-state index in [0.29, 0.717) is 12.1 Å². The topological polar surface area (TPSA) is 77.4 Å². The molecule has 106 valence electrons. The van der Waals surface area contributed by atoms with Crippen LogP contribution in [0.2, 0.25) is 0 Å². The highest BCUT2D eigenvalue weighted by atomic mass is 19.1. The van der Waals surface area contributed by atoms with Crippen LogP contribution in [0, 0.1) is 28.5 Å². The van der Waals surface area contributed by atoms with Crippen LogP contribution in [0.4, 0.5) is 4.39 Å². The van der Waals surface area contributed by atoms with Crippen LogP contribution in [0.3, 0.4) is 0 Å². The van der Waals surface area contributed by atoms with Gasteiger partial charge in [-0.2, -0.15) is 10.5 Å². The van der Waals surface area contributed by atoms with Gasteiger partial charge in [0.25, 0.3) is 0 Å². The molecule has 2 aromatic rings. The SMILES string of the molecule is CC(C)NCc1cccc(F)c1-n1cnc(C#N)c1C#N. The number of imidazole rings is 1. The fourth-order valence-corrected chi connectivity index (χ4v) is 1.99. The second kappa shape index (κ2) is 6.17. The van der Waals surface area contributed by atoms with Crippen LogP contribution < -0.4 is 5.32 Å². The average molecular weight is 283 g/mol. The molecule has 0 aliphatic rings. The van der Waals surface area contributed by atoms with E-state index in [0.717, 1.165) is 0 Å². The van der Waals surface area contributed by atoms with Crippen LogP contribution in [0.15, 0.2) is 24.5 Å². The van der Waals surface area contributed by atoms with Gasteiger partial charge in [0.15, 0.2) is 11.4 Å². The van der Waals surface area contributed by atoms with Gasteiger partial charge in [-0.05, 0) is 11.6 Å². The molecule has 0 atom stereocenters. The molecule has 0 saturated heterocycles. The maximum atomic E-state index is 14.2. The van der Waals surface area contributed by atoms with Crippen LogP contribution in [-0.2, 0) is 6.54 Å². The van der Waals surface area contributed by atoms with Gasteiger partial charge in [-0.15, -0.1) is 0 Å². The summed E-state index contributed by atoms with van der Waals surface area (Å²) in [4.78, 5) is 3.85. The minimum absolute atomic E-state index is 0.0106. The van der Waals surface area contributed by atoms with Gasteiger partial charge in [-0.25, -0.2) is 9.37 Å². The molecule has 0 unspecified atom stereocenters. The number of rotatable bonds is 4. The zero-order valence-corrected chi connectivity index (χ0v) is 11.8. The van der Waals surface area contributed by atoms with Gasteiger partial charge in [0.2, 0.25) is 0 Å². The van der Waals surface area contributed by atoms with Crippen molar-refractivity contribution in [1.82, 2.24) is 14.9 Å². The molecule has 0 aliphatic carbocycles. The second-order valence-electron chi connectivity index (χ2n) is 4.82. The molecule has 0 spiro atoms. The lowest BCUT2D eigenvalue weighted by Gasteiger charge is -2.14. The molecule has 0 fully saturated rings. The Bertz CT molecular complexity index is 733. The molecule has 1 N–H and O–H groups in total. The Morgan fingerprint density at radius 1 is 1.33 bits per heavy atom. The fourth-order valence-electron chi connectivity index (χ4n) is 1.99. The van der Waals surface area contributed by atoms with E-state index in [9.17, 15) is 9.65 Å². The standard InChI is InChI=1S/C15H14FN5/c1-10(2)19-8-11-4-3-5-12(16)15(11)21-9-20-13(6-17)14(21)7-18/h3-5,9-10,19H,8H2,1-2H3. The Morgan fingerprint density at radius 3 is 2.71 bits per heavy atom. The van der Waals surface area contributed by atoms with Crippen molar-refractivity contribution in [3.05, 3.63) is 47.3 Å². The lowest BCUT2D eigenvalue weighted by molar-refractivity contribution is 0.576. The van der Waals surface area contributed by atoms with Crippen molar-refractivity contribution in [3.8, 4) is 17.8 Å². The van der Waals surface area contributed by atoms with Crippen LogP contribution in [0.5, 0.6) is 0 Å². The zero-order valence-electron chi connectivity index (χ0n) is 11.8. The lowest BCUT2D eigenvalue weighted by atomic mass is 10.1. The van der Waals surface area contributed by atoms with Crippen LogP contribution in [-0.4, -0.2) is 15.6 Å². The molecule has 1 aromatic carbocycles. The van der Waals surface area contributed by atoms with Crippen molar-refractivity contribution in [2.24, 2.45) is 0 Å². The third-order valence-electron chi connectivity index (χ3n) is 2.99. The van der Waals surface area contributed by atoms with E-state index in [-0.39, 0.29) is 23.1 Å². The summed E-state index contributed by atoms with van der Waals surface area (Å²) in [6.07, 6.45) is 1.30. The van der Waals surface area contributed by atoms with Crippen LogP contribution >= 0.6 is 0 Å². The number of aromatic nitrogens is 2. The van der Waals surface area contributed by atoms with Crippen molar-refractivity contribution in [2.75, 3.05) is 0 Å². The molecule has 0 amide bonds. The molecule has 0 saturated carbocycles. The first-order valence-electron chi connectivity index (χ1n) is 6.47. The van der Waals surface area contributed by atoms with Crippen molar-refractivity contribution in [3.63, 3.8) is 0 Å². The predicted molar refractivity (Wildman–Crippen MR) is 74.9 cm³/mol. The molecule has 2 rings (SSSR count). The molecular formula is C15H14FN5. The molecule has 0 bridgehead atoms. The van der Waals surface area contributed by atoms with E-state index < -0.39 is 5.82 Å². The smallest absolute Gasteiger partial charge is 0.177 e. The van der Waals surface area contributed by atoms with E-state index in [1.54, 1.807) is 12.1 Å². The van der Waals surface area contributed by atoms with Gasteiger partial charge in [0, 0.05) is 12.6 Å². The number of hydrogen-bond donors (Lipinski definition) is 1. The Balaban J connectivity index is 2.56. The van der Waals surface area contributed by atoms with Crippen molar-refractivity contribution >= 4 is 0 Å². The first-order valence-corrected chi connectivity index (χ1v) is 6.47. The highest BCUT2D eigenvalue weighted by Gasteiger charge is 2.17. The molecule has 0 radical (unpaired) electrons. The predicted octanol–water partition coefficient (Wildman–Crippen LogP) is 2.25. The summed E-state index contributed by atoms with van der Waals surface area (Å²) < 4.78 is 15.5. The van der Waals surface area contributed by atoms with Gasteiger partial charge in [-0.3, -0.25) is 4.57 Å². The number of nitrogens with one attached hydrogen (secondary N) is 1. The van der Waals surface area contributed by atoms with Crippen molar-refractivity contribution < 1.29 is 4.39 Å². The monoisotopic (exact) mass is 283 g/mol.